The van der Waals surface area contributed by atoms with Gasteiger partial charge >= 0.3 is 0 Å². The van der Waals surface area contributed by atoms with Crippen LogP contribution in [0.2, 0.25) is 10.0 Å². The quantitative estimate of drug-likeness (QED) is 0.624. The van der Waals surface area contributed by atoms with Gasteiger partial charge < -0.3 is 10.5 Å². The van der Waals surface area contributed by atoms with Gasteiger partial charge in [-0.2, -0.15) is 9.78 Å². The van der Waals surface area contributed by atoms with Gasteiger partial charge in [0.25, 0.3) is 0 Å². The number of aromatic nitrogens is 2. The number of rotatable bonds is 6. The molecular weight excluding hydrogens is 411 g/mol. The number of nitrogens with one attached hydrogen (secondary N) is 1. The molecule has 142 valence electrons. The zero-order valence-electron chi connectivity index (χ0n) is 14.2. The van der Waals surface area contributed by atoms with Crippen LogP contribution < -0.4 is 15.2 Å². The van der Waals surface area contributed by atoms with Crippen LogP contribution in [0.1, 0.15) is 5.69 Å². The Morgan fingerprint density at radius 2 is 1.85 bits per heavy atom. The summed E-state index contributed by atoms with van der Waals surface area (Å²) in [4.78, 5) is 0. The third kappa shape index (κ3) is 4.92. The van der Waals surface area contributed by atoms with E-state index in [0.29, 0.717) is 38.7 Å². The summed E-state index contributed by atoms with van der Waals surface area (Å²) in [6.07, 6.45) is 1.08. The fourth-order valence-electron chi connectivity index (χ4n) is 2.33. The summed E-state index contributed by atoms with van der Waals surface area (Å²) in [6, 6.07) is 13.2. The van der Waals surface area contributed by atoms with Crippen LogP contribution in [0, 0.1) is 0 Å². The highest BCUT2D eigenvalue weighted by Crippen LogP contribution is 2.31. The first-order valence-electron chi connectivity index (χ1n) is 7.75. The van der Waals surface area contributed by atoms with Crippen molar-refractivity contribution in [2.75, 3.05) is 11.0 Å². The third-order valence-corrected chi connectivity index (χ3v) is 4.60. The predicted molar refractivity (Wildman–Crippen MR) is 106 cm³/mol. The number of sulfonamides is 1. The van der Waals surface area contributed by atoms with Gasteiger partial charge in [-0.3, -0.25) is 4.72 Å². The van der Waals surface area contributed by atoms with E-state index in [9.17, 15) is 8.42 Å². The second-order valence-electron chi connectivity index (χ2n) is 5.69. The van der Waals surface area contributed by atoms with Gasteiger partial charge in [0.2, 0.25) is 15.9 Å². The minimum absolute atomic E-state index is 0.228. The molecule has 0 atom stereocenters. The molecular formula is C17H16Cl2N4O3S. The Bertz CT molecular complexity index is 1070. The summed E-state index contributed by atoms with van der Waals surface area (Å²) in [6.45, 7) is 0.228. The van der Waals surface area contributed by atoms with E-state index in [2.05, 4.69) is 9.82 Å². The SMILES string of the molecule is CS(=O)(=O)Nc1ccc(Oc2cc(CN)nn2-c2ccc(Cl)cc2Cl)cc1. The highest BCUT2D eigenvalue weighted by atomic mass is 35.5. The van der Waals surface area contributed by atoms with E-state index in [0.717, 1.165) is 6.26 Å². The average molecular weight is 427 g/mol. The minimum Gasteiger partial charge on any atom is -0.439 e. The molecule has 0 radical (unpaired) electrons. The van der Waals surface area contributed by atoms with E-state index in [4.69, 9.17) is 33.7 Å². The highest BCUT2D eigenvalue weighted by molar-refractivity contribution is 7.92. The Labute approximate surface area is 166 Å². The number of ether oxygens (including phenoxy) is 1. The van der Waals surface area contributed by atoms with Crippen LogP contribution in [0.5, 0.6) is 11.6 Å². The first-order chi connectivity index (χ1) is 12.7. The fourth-order valence-corrected chi connectivity index (χ4v) is 3.39. The van der Waals surface area contributed by atoms with Crippen molar-refractivity contribution in [2.24, 2.45) is 5.73 Å². The zero-order valence-corrected chi connectivity index (χ0v) is 16.5. The van der Waals surface area contributed by atoms with E-state index < -0.39 is 10.0 Å². The predicted octanol–water partition coefficient (Wildman–Crippen LogP) is 3.80. The molecule has 0 saturated carbocycles. The molecule has 27 heavy (non-hydrogen) atoms. The fraction of sp³-hybridized carbons (Fsp3) is 0.118. The number of hydrogen-bond acceptors (Lipinski definition) is 5. The summed E-state index contributed by atoms with van der Waals surface area (Å²) < 4.78 is 32.4. The summed E-state index contributed by atoms with van der Waals surface area (Å²) in [5, 5.41) is 5.31. The number of halogens is 2. The lowest BCUT2D eigenvalue weighted by atomic mass is 10.3. The van der Waals surface area contributed by atoms with Gasteiger partial charge in [0, 0.05) is 23.3 Å². The molecule has 0 unspecified atom stereocenters. The molecule has 3 N–H and O–H groups in total. The van der Waals surface area contributed by atoms with E-state index in [1.54, 1.807) is 48.5 Å². The summed E-state index contributed by atoms with van der Waals surface area (Å²) >= 11 is 12.2. The topological polar surface area (TPSA) is 99.2 Å². The molecule has 1 aromatic heterocycles. The summed E-state index contributed by atoms with van der Waals surface area (Å²) in [7, 11) is -3.34. The Morgan fingerprint density at radius 1 is 1.15 bits per heavy atom. The van der Waals surface area contributed by atoms with Crippen molar-refractivity contribution < 1.29 is 13.2 Å². The molecule has 7 nitrogen and oxygen atoms in total. The van der Waals surface area contributed by atoms with Crippen molar-refractivity contribution in [1.29, 1.82) is 0 Å². The number of nitrogens with zero attached hydrogens (tertiary/aromatic N) is 2. The van der Waals surface area contributed by atoms with Crippen LogP contribution in [-0.2, 0) is 16.6 Å². The van der Waals surface area contributed by atoms with E-state index in [1.807, 2.05) is 0 Å². The number of benzene rings is 2. The molecule has 3 aromatic rings. The molecule has 0 aliphatic carbocycles. The second-order valence-corrected chi connectivity index (χ2v) is 8.28. The van der Waals surface area contributed by atoms with E-state index in [-0.39, 0.29) is 6.54 Å². The van der Waals surface area contributed by atoms with Crippen molar-refractivity contribution in [3.05, 3.63) is 64.3 Å². The van der Waals surface area contributed by atoms with Gasteiger partial charge in [-0.25, -0.2) is 8.42 Å². The van der Waals surface area contributed by atoms with Crippen molar-refractivity contribution in [1.82, 2.24) is 9.78 Å². The lowest BCUT2D eigenvalue weighted by Gasteiger charge is -2.11. The van der Waals surface area contributed by atoms with Crippen LogP contribution >= 0.6 is 23.2 Å². The monoisotopic (exact) mass is 426 g/mol. The Morgan fingerprint density at radius 3 is 2.44 bits per heavy atom. The Balaban J connectivity index is 1.92. The van der Waals surface area contributed by atoms with E-state index in [1.165, 1.54) is 4.68 Å². The van der Waals surface area contributed by atoms with Crippen LogP contribution in [0.25, 0.3) is 5.69 Å². The first-order valence-corrected chi connectivity index (χ1v) is 10.4. The van der Waals surface area contributed by atoms with Crippen LogP contribution in [0.15, 0.2) is 48.5 Å². The van der Waals surface area contributed by atoms with Crippen molar-refractivity contribution >= 4 is 38.9 Å². The third-order valence-electron chi connectivity index (χ3n) is 3.45. The van der Waals surface area contributed by atoms with Gasteiger partial charge in [-0.05, 0) is 42.5 Å². The molecule has 0 aliphatic rings. The second kappa shape index (κ2) is 7.77. The number of hydrogen-bond donors (Lipinski definition) is 2. The van der Waals surface area contributed by atoms with Gasteiger partial charge in [-0.1, -0.05) is 23.2 Å². The molecule has 3 rings (SSSR count). The van der Waals surface area contributed by atoms with Gasteiger partial charge in [0.05, 0.1) is 22.7 Å². The van der Waals surface area contributed by atoms with Crippen LogP contribution in [-0.4, -0.2) is 24.5 Å². The summed E-state index contributed by atoms with van der Waals surface area (Å²) in [5.74, 6) is 0.896. The van der Waals surface area contributed by atoms with Gasteiger partial charge in [0.15, 0.2) is 0 Å². The lowest BCUT2D eigenvalue weighted by molar-refractivity contribution is 0.444. The number of anilines is 1. The van der Waals surface area contributed by atoms with Crippen LogP contribution in [0.3, 0.4) is 0 Å². The molecule has 0 spiro atoms. The first kappa shape index (κ1) is 19.5. The standard InChI is InChI=1S/C17H16Cl2N4O3S/c1-27(24,25)22-12-3-5-14(6-4-12)26-17-9-13(10-20)21-23(17)16-7-2-11(18)8-15(16)19/h2-9,22H,10,20H2,1H3. The van der Waals surface area contributed by atoms with Gasteiger partial charge in [-0.15, -0.1) is 0 Å². The molecule has 0 aliphatic heterocycles. The average Bonchev–Trinajstić information content (AvgIpc) is 2.98. The highest BCUT2D eigenvalue weighted by Gasteiger charge is 2.14. The molecule has 0 bridgehead atoms. The van der Waals surface area contributed by atoms with Gasteiger partial charge in [0.1, 0.15) is 5.75 Å². The minimum atomic E-state index is -3.34. The maximum Gasteiger partial charge on any atom is 0.229 e. The molecule has 2 aromatic carbocycles. The molecule has 1 heterocycles. The molecule has 10 heteroatoms. The Kier molecular flexibility index (Phi) is 5.61. The largest absolute Gasteiger partial charge is 0.439 e. The maximum atomic E-state index is 11.3. The summed E-state index contributed by atoms with van der Waals surface area (Å²) in [5.41, 5.74) is 7.33. The van der Waals surface area contributed by atoms with Crippen LogP contribution in [0.4, 0.5) is 5.69 Å². The van der Waals surface area contributed by atoms with Crippen molar-refractivity contribution in [3.8, 4) is 17.3 Å². The normalized spacial score (nSPS) is 11.4. The Hall–Kier alpha value is -2.26. The number of nitrogens with two attached hydrogens (primary N) is 1. The van der Waals surface area contributed by atoms with Crippen molar-refractivity contribution in [2.45, 2.75) is 6.54 Å². The smallest absolute Gasteiger partial charge is 0.229 e. The van der Waals surface area contributed by atoms with E-state index >= 15 is 0 Å². The lowest BCUT2D eigenvalue weighted by Crippen LogP contribution is -2.09. The zero-order chi connectivity index (χ0) is 19.6. The van der Waals surface area contributed by atoms with Crippen molar-refractivity contribution in [3.63, 3.8) is 0 Å². The molecule has 0 amide bonds. The molecule has 0 saturated heterocycles. The maximum absolute atomic E-state index is 11.3. The molecule has 0 fully saturated rings.